The van der Waals surface area contributed by atoms with Crippen molar-refractivity contribution in [2.75, 3.05) is 0 Å². The lowest BCUT2D eigenvalue weighted by atomic mass is 10.1. The van der Waals surface area contributed by atoms with Crippen LogP contribution in [0.1, 0.15) is 23.2 Å². The van der Waals surface area contributed by atoms with Gasteiger partial charge in [0.05, 0.1) is 16.6 Å². The molecule has 0 aromatic heterocycles. The molecule has 1 unspecified atom stereocenters. The number of thiocarbonyl (C=S) groups is 1. The van der Waals surface area contributed by atoms with Gasteiger partial charge in [-0.1, -0.05) is 24.4 Å². The standard InChI is InChI=1S/C12H14N2O3S/c13-11(18)6-5-8(7-15)14-12(17)9-3-1-2-4-10(9)16/h1-4,7-8,16H,5-6H2,(H2,13,18)(H,14,17). The zero-order valence-electron chi connectivity index (χ0n) is 9.63. The predicted molar refractivity (Wildman–Crippen MR) is 71.4 cm³/mol. The third kappa shape index (κ3) is 4.14. The van der Waals surface area contributed by atoms with Gasteiger partial charge in [0.15, 0.2) is 0 Å². The Hall–Kier alpha value is -1.95. The Morgan fingerprint density at radius 1 is 1.50 bits per heavy atom. The number of rotatable bonds is 6. The molecule has 0 aliphatic carbocycles. The van der Waals surface area contributed by atoms with Crippen molar-refractivity contribution < 1.29 is 14.7 Å². The lowest BCUT2D eigenvalue weighted by molar-refractivity contribution is -0.109. The fourth-order valence-corrected chi connectivity index (χ4v) is 1.50. The van der Waals surface area contributed by atoms with E-state index in [2.05, 4.69) is 5.32 Å². The first kappa shape index (κ1) is 14.1. The number of nitrogens with one attached hydrogen (secondary N) is 1. The molecule has 0 bridgehead atoms. The van der Waals surface area contributed by atoms with Crippen molar-refractivity contribution in [3.8, 4) is 5.75 Å². The smallest absolute Gasteiger partial charge is 0.255 e. The van der Waals surface area contributed by atoms with Crippen LogP contribution in [0, 0.1) is 0 Å². The summed E-state index contributed by atoms with van der Waals surface area (Å²) in [5.41, 5.74) is 5.45. The van der Waals surface area contributed by atoms with Crippen LogP contribution in [0.15, 0.2) is 24.3 Å². The number of nitrogens with two attached hydrogens (primary N) is 1. The van der Waals surface area contributed by atoms with Crippen LogP contribution in [0.2, 0.25) is 0 Å². The van der Waals surface area contributed by atoms with Gasteiger partial charge in [0.2, 0.25) is 0 Å². The summed E-state index contributed by atoms with van der Waals surface area (Å²) in [6, 6.07) is 5.44. The minimum absolute atomic E-state index is 0.125. The fraction of sp³-hybridized carbons (Fsp3) is 0.250. The van der Waals surface area contributed by atoms with Crippen LogP contribution in [-0.4, -0.2) is 28.3 Å². The average Bonchev–Trinajstić information content (AvgIpc) is 2.34. The minimum atomic E-state index is -0.668. The number of aldehydes is 1. The predicted octanol–water partition coefficient (Wildman–Crippen LogP) is 0.756. The van der Waals surface area contributed by atoms with E-state index in [4.69, 9.17) is 18.0 Å². The number of para-hydroxylation sites is 1. The molecule has 1 aromatic rings. The fourth-order valence-electron chi connectivity index (χ4n) is 1.38. The van der Waals surface area contributed by atoms with Gasteiger partial charge < -0.3 is 21.0 Å². The summed E-state index contributed by atoms with van der Waals surface area (Å²) in [6.07, 6.45) is 1.34. The molecule has 0 fully saturated rings. The molecule has 4 N–H and O–H groups in total. The molecule has 0 radical (unpaired) electrons. The molecule has 96 valence electrons. The van der Waals surface area contributed by atoms with Crippen molar-refractivity contribution in [3.05, 3.63) is 29.8 Å². The van der Waals surface area contributed by atoms with Crippen LogP contribution in [0.4, 0.5) is 0 Å². The molecule has 1 aromatic carbocycles. The van der Waals surface area contributed by atoms with Gasteiger partial charge in [-0.2, -0.15) is 0 Å². The molecule has 0 aliphatic rings. The highest BCUT2D eigenvalue weighted by Crippen LogP contribution is 2.15. The molecule has 0 saturated heterocycles. The zero-order chi connectivity index (χ0) is 13.5. The zero-order valence-corrected chi connectivity index (χ0v) is 10.4. The Morgan fingerprint density at radius 2 is 2.17 bits per heavy atom. The lowest BCUT2D eigenvalue weighted by Gasteiger charge is -2.12. The van der Waals surface area contributed by atoms with Gasteiger partial charge in [-0.25, -0.2) is 0 Å². The molecule has 1 atom stereocenters. The third-order valence-corrected chi connectivity index (χ3v) is 2.54. The summed E-state index contributed by atoms with van der Waals surface area (Å²) < 4.78 is 0. The Bertz CT molecular complexity index is 462. The molecular formula is C12H14N2O3S. The van der Waals surface area contributed by atoms with E-state index in [1.165, 1.54) is 12.1 Å². The van der Waals surface area contributed by atoms with Crippen molar-refractivity contribution in [1.82, 2.24) is 5.32 Å². The molecule has 0 aliphatic heterocycles. The highest BCUT2D eigenvalue weighted by atomic mass is 32.1. The Morgan fingerprint density at radius 3 is 2.72 bits per heavy atom. The monoisotopic (exact) mass is 266 g/mol. The van der Waals surface area contributed by atoms with Gasteiger partial charge >= 0.3 is 0 Å². The first-order valence-corrected chi connectivity index (χ1v) is 5.78. The molecule has 18 heavy (non-hydrogen) atoms. The summed E-state index contributed by atoms with van der Waals surface area (Å²) in [5, 5.41) is 12.0. The molecule has 0 heterocycles. The summed E-state index contributed by atoms with van der Waals surface area (Å²) >= 11 is 4.70. The van der Waals surface area contributed by atoms with E-state index < -0.39 is 11.9 Å². The normalized spacial score (nSPS) is 11.6. The number of aromatic hydroxyl groups is 1. The maximum Gasteiger partial charge on any atom is 0.255 e. The SMILES string of the molecule is NC(=S)CCC(C=O)NC(=O)c1ccccc1O. The van der Waals surface area contributed by atoms with Crippen molar-refractivity contribution in [2.45, 2.75) is 18.9 Å². The van der Waals surface area contributed by atoms with Gasteiger partial charge in [0.25, 0.3) is 5.91 Å². The topological polar surface area (TPSA) is 92.4 Å². The van der Waals surface area contributed by atoms with E-state index in [1.807, 2.05) is 0 Å². The minimum Gasteiger partial charge on any atom is -0.507 e. The van der Waals surface area contributed by atoms with E-state index in [0.29, 0.717) is 24.1 Å². The quantitative estimate of drug-likeness (QED) is 0.522. The second kappa shape index (κ2) is 6.70. The average molecular weight is 266 g/mol. The summed E-state index contributed by atoms with van der Waals surface area (Å²) in [5.74, 6) is -0.637. The van der Waals surface area contributed by atoms with Crippen LogP contribution in [0.25, 0.3) is 0 Å². The molecule has 1 amide bonds. The third-order valence-electron chi connectivity index (χ3n) is 2.33. The number of phenols is 1. The summed E-state index contributed by atoms with van der Waals surface area (Å²) in [4.78, 5) is 22.9. The maximum atomic E-state index is 11.8. The first-order valence-electron chi connectivity index (χ1n) is 5.37. The molecule has 5 nitrogen and oxygen atoms in total. The highest BCUT2D eigenvalue weighted by Gasteiger charge is 2.15. The number of hydrogen-bond donors (Lipinski definition) is 3. The van der Waals surface area contributed by atoms with Crippen molar-refractivity contribution >= 4 is 29.4 Å². The number of phenolic OH excluding ortho intramolecular Hbond substituents is 1. The van der Waals surface area contributed by atoms with Crippen molar-refractivity contribution in [1.29, 1.82) is 0 Å². The number of amides is 1. The van der Waals surface area contributed by atoms with E-state index in [1.54, 1.807) is 12.1 Å². The summed E-state index contributed by atoms with van der Waals surface area (Å²) in [6.45, 7) is 0. The van der Waals surface area contributed by atoms with Crippen LogP contribution in [-0.2, 0) is 4.79 Å². The van der Waals surface area contributed by atoms with E-state index in [0.717, 1.165) is 0 Å². The largest absolute Gasteiger partial charge is 0.507 e. The second-order valence-electron chi connectivity index (χ2n) is 3.74. The summed E-state index contributed by atoms with van der Waals surface area (Å²) in [7, 11) is 0. The number of hydrogen-bond acceptors (Lipinski definition) is 4. The first-order chi connectivity index (χ1) is 8.54. The van der Waals surface area contributed by atoms with Gasteiger partial charge in [0, 0.05) is 0 Å². The van der Waals surface area contributed by atoms with Crippen molar-refractivity contribution in [2.24, 2.45) is 5.73 Å². The van der Waals surface area contributed by atoms with Gasteiger partial charge in [-0.15, -0.1) is 0 Å². The molecule has 1 rings (SSSR count). The van der Waals surface area contributed by atoms with Gasteiger partial charge in [-0.3, -0.25) is 4.79 Å². The van der Waals surface area contributed by atoms with Crippen LogP contribution in [0.3, 0.4) is 0 Å². The van der Waals surface area contributed by atoms with Gasteiger partial charge in [0.1, 0.15) is 12.0 Å². The molecule has 0 spiro atoms. The Labute approximate surface area is 110 Å². The number of benzene rings is 1. The van der Waals surface area contributed by atoms with Crippen LogP contribution in [0.5, 0.6) is 5.75 Å². The van der Waals surface area contributed by atoms with Crippen LogP contribution < -0.4 is 11.1 Å². The lowest BCUT2D eigenvalue weighted by Crippen LogP contribution is -2.36. The van der Waals surface area contributed by atoms with Gasteiger partial charge in [-0.05, 0) is 25.0 Å². The molecular weight excluding hydrogens is 252 g/mol. The second-order valence-corrected chi connectivity index (χ2v) is 4.26. The van der Waals surface area contributed by atoms with E-state index >= 15 is 0 Å². The molecule has 0 saturated carbocycles. The number of carbonyl (C=O) groups excluding carboxylic acids is 2. The van der Waals surface area contributed by atoms with E-state index in [-0.39, 0.29) is 11.3 Å². The Kier molecular flexibility index (Phi) is 5.26. The highest BCUT2D eigenvalue weighted by molar-refractivity contribution is 7.80. The van der Waals surface area contributed by atoms with Crippen LogP contribution >= 0.6 is 12.2 Å². The van der Waals surface area contributed by atoms with E-state index in [9.17, 15) is 14.7 Å². The maximum absolute atomic E-state index is 11.8. The molecule has 6 heteroatoms. The number of carbonyl (C=O) groups is 2. The Balaban J connectivity index is 2.65. The van der Waals surface area contributed by atoms with Crippen molar-refractivity contribution in [3.63, 3.8) is 0 Å².